The summed E-state index contributed by atoms with van der Waals surface area (Å²) in [6.07, 6.45) is 0.978. The summed E-state index contributed by atoms with van der Waals surface area (Å²) in [5.41, 5.74) is 2.62. The second kappa shape index (κ2) is 5.37. The summed E-state index contributed by atoms with van der Waals surface area (Å²) in [5.74, 6) is 4.15. The van der Waals surface area contributed by atoms with E-state index in [1.54, 1.807) is 18.2 Å². The van der Waals surface area contributed by atoms with Gasteiger partial charge in [0.1, 0.15) is 5.82 Å². The zero-order chi connectivity index (χ0) is 13.0. The third-order valence-electron chi connectivity index (χ3n) is 2.28. The molecule has 2 aromatic rings. The number of hydrazine groups is 1. The monoisotopic (exact) mass is 251 g/mol. The lowest BCUT2D eigenvalue weighted by molar-refractivity contribution is 0.607. The SMILES string of the molecule is NNc1ncc(F)c(NCc2ccccc2F)n1. The number of hydrogen-bond acceptors (Lipinski definition) is 5. The molecule has 0 saturated heterocycles. The Bertz CT molecular complexity index is 547. The lowest BCUT2D eigenvalue weighted by atomic mass is 10.2. The summed E-state index contributed by atoms with van der Waals surface area (Å²) in [6, 6.07) is 6.22. The summed E-state index contributed by atoms with van der Waals surface area (Å²) in [4.78, 5) is 7.37. The number of benzene rings is 1. The Labute approximate surface area is 102 Å². The standard InChI is InChI=1S/C11H11F2N5/c12-8-4-2-1-3-7(8)5-15-10-9(13)6-16-11(17-10)18-14/h1-4,6H,5,14H2,(H2,15,16,17,18). The van der Waals surface area contributed by atoms with Crippen molar-refractivity contribution in [3.8, 4) is 0 Å². The number of nitrogen functional groups attached to an aromatic ring is 1. The second-order valence-electron chi connectivity index (χ2n) is 3.48. The van der Waals surface area contributed by atoms with E-state index in [0.29, 0.717) is 5.56 Å². The summed E-state index contributed by atoms with van der Waals surface area (Å²) in [7, 11) is 0. The van der Waals surface area contributed by atoms with Crippen molar-refractivity contribution in [2.75, 3.05) is 10.7 Å². The number of nitrogens with one attached hydrogen (secondary N) is 2. The topological polar surface area (TPSA) is 75.9 Å². The average molecular weight is 251 g/mol. The van der Waals surface area contributed by atoms with Crippen LogP contribution in [0.4, 0.5) is 20.5 Å². The van der Waals surface area contributed by atoms with E-state index in [1.165, 1.54) is 6.07 Å². The van der Waals surface area contributed by atoms with E-state index in [0.717, 1.165) is 6.20 Å². The number of nitrogens with two attached hydrogens (primary N) is 1. The maximum Gasteiger partial charge on any atom is 0.239 e. The van der Waals surface area contributed by atoms with Crippen LogP contribution in [0.1, 0.15) is 5.56 Å². The van der Waals surface area contributed by atoms with E-state index in [1.807, 2.05) is 0 Å². The minimum Gasteiger partial charge on any atom is -0.363 e. The van der Waals surface area contributed by atoms with Gasteiger partial charge < -0.3 is 5.32 Å². The molecule has 0 unspecified atom stereocenters. The van der Waals surface area contributed by atoms with Crippen LogP contribution in [0.3, 0.4) is 0 Å². The lowest BCUT2D eigenvalue weighted by Gasteiger charge is -2.08. The van der Waals surface area contributed by atoms with Crippen molar-refractivity contribution in [3.63, 3.8) is 0 Å². The predicted octanol–water partition coefficient (Wildman–Crippen LogP) is 1.65. The molecule has 0 atom stereocenters. The van der Waals surface area contributed by atoms with Crippen molar-refractivity contribution in [1.82, 2.24) is 9.97 Å². The van der Waals surface area contributed by atoms with Gasteiger partial charge in [-0.1, -0.05) is 18.2 Å². The molecule has 0 aliphatic carbocycles. The molecule has 1 aromatic carbocycles. The molecule has 0 radical (unpaired) electrons. The third-order valence-corrected chi connectivity index (χ3v) is 2.28. The van der Waals surface area contributed by atoms with Gasteiger partial charge in [-0.05, 0) is 6.07 Å². The van der Waals surface area contributed by atoms with Gasteiger partial charge in [-0.2, -0.15) is 4.98 Å². The van der Waals surface area contributed by atoms with Gasteiger partial charge in [0.15, 0.2) is 11.6 Å². The van der Waals surface area contributed by atoms with Gasteiger partial charge in [0, 0.05) is 12.1 Å². The van der Waals surface area contributed by atoms with Crippen molar-refractivity contribution in [1.29, 1.82) is 0 Å². The van der Waals surface area contributed by atoms with Gasteiger partial charge >= 0.3 is 0 Å². The zero-order valence-electron chi connectivity index (χ0n) is 9.32. The van der Waals surface area contributed by atoms with Crippen molar-refractivity contribution < 1.29 is 8.78 Å². The fourth-order valence-electron chi connectivity index (χ4n) is 1.38. The van der Waals surface area contributed by atoms with Gasteiger partial charge in [-0.15, -0.1) is 0 Å². The van der Waals surface area contributed by atoms with Gasteiger partial charge in [0.25, 0.3) is 0 Å². The van der Waals surface area contributed by atoms with Crippen LogP contribution in [0.5, 0.6) is 0 Å². The minimum atomic E-state index is -0.634. The van der Waals surface area contributed by atoms with Crippen LogP contribution >= 0.6 is 0 Å². The normalized spacial score (nSPS) is 10.2. The van der Waals surface area contributed by atoms with Crippen LogP contribution in [0.25, 0.3) is 0 Å². The lowest BCUT2D eigenvalue weighted by Crippen LogP contribution is -2.13. The van der Waals surface area contributed by atoms with Crippen LogP contribution in [0.2, 0.25) is 0 Å². The number of halogens is 2. The molecule has 7 heteroatoms. The van der Waals surface area contributed by atoms with E-state index < -0.39 is 5.82 Å². The molecular weight excluding hydrogens is 240 g/mol. The van der Waals surface area contributed by atoms with E-state index in [-0.39, 0.29) is 24.1 Å². The highest BCUT2D eigenvalue weighted by molar-refractivity contribution is 5.41. The molecule has 2 rings (SSSR count). The first-order valence-electron chi connectivity index (χ1n) is 5.17. The molecule has 1 aromatic heterocycles. The summed E-state index contributed by atoms with van der Waals surface area (Å²) < 4.78 is 26.7. The van der Waals surface area contributed by atoms with Gasteiger partial charge in [0.05, 0.1) is 6.20 Å². The molecule has 1 heterocycles. The van der Waals surface area contributed by atoms with Crippen LogP contribution < -0.4 is 16.6 Å². The molecule has 94 valence electrons. The second-order valence-corrected chi connectivity index (χ2v) is 3.48. The molecule has 0 saturated carbocycles. The van der Waals surface area contributed by atoms with Crippen LogP contribution in [-0.2, 0) is 6.54 Å². The van der Waals surface area contributed by atoms with Gasteiger partial charge in [-0.3, -0.25) is 5.43 Å². The maximum absolute atomic E-state index is 13.4. The summed E-state index contributed by atoms with van der Waals surface area (Å²) >= 11 is 0. The van der Waals surface area contributed by atoms with Gasteiger partial charge in [0.2, 0.25) is 5.95 Å². The van der Waals surface area contributed by atoms with Gasteiger partial charge in [-0.25, -0.2) is 19.6 Å². The summed E-state index contributed by atoms with van der Waals surface area (Å²) in [6.45, 7) is 0.116. The molecule has 0 amide bonds. The van der Waals surface area contributed by atoms with Crippen molar-refractivity contribution in [2.45, 2.75) is 6.54 Å². The van der Waals surface area contributed by atoms with Crippen LogP contribution in [0.15, 0.2) is 30.5 Å². The molecule has 0 spiro atoms. The molecule has 5 nitrogen and oxygen atoms in total. The molecule has 0 aliphatic heterocycles. The third kappa shape index (κ3) is 2.69. The number of hydrogen-bond donors (Lipinski definition) is 3. The Morgan fingerprint density at radius 2 is 1.94 bits per heavy atom. The quantitative estimate of drug-likeness (QED) is 0.569. The Morgan fingerprint density at radius 3 is 2.67 bits per heavy atom. The Morgan fingerprint density at radius 1 is 1.17 bits per heavy atom. The highest BCUT2D eigenvalue weighted by atomic mass is 19.1. The highest BCUT2D eigenvalue weighted by Crippen LogP contribution is 2.14. The van der Waals surface area contributed by atoms with Crippen molar-refractivity contribution in [2.24, 2.45) is 5.84 Å². The predicted molar refractivity (Wildman–Crippen MR) is 63.5 cm³/mol. The van der Waals surface area contributed by atoms with E-state index in [2.05, 4.69) is 20.7 Å². The molecule has 0 bridgehead atoms. The first-order chi connectivity index (χ1) is 8.70. The summed E-state index contributed by atoms with van der Waals surface area (Å²) in [5, 5.41) is 2.68. The van der Waals surface area contributed by atoms with Crippen molar-refractivity contribution in [3.05, 3.63) is 47.7 Å². The molecule has 18 heavy (non-hydrogen) atoms. The van der Waals surface area contributed by atoms with Crippen LogP contribution in [0, 0.1) is 11.6 Å². The molecule has 0 fully saturated rings. The molecular formula is C11H11F2N5. The largest absolute Gasteiger partial charge is 0.363 e. The highest BCUT2D eigenvalue weighted by Gasteiger charge is 2.07. The Hall–Kier alpha value is -2.28. The first kappa shape index (κ1) is 12.2. The smallest absolute Gasteiger partial charge is 0.239 e. The Kier molecular flexibility index (Phi) is 3.63. The Balaban J connectivity index is 2.13. The maximum atomic E-state index is 13.4. The van der Waals surface area contributed by atoms with Crippen molar-refractivity contribution >= 4 is 11.8 Å². The molecule has 4 N–H and O–H groups in total. The zero-order valence-corrected chi connectivity index (χ0v) is 9.32. The van der Waals surface area contributed by atoms with E-state index >= 15 is 0 Å². The molecule has 0 aliphatic rings. The fourth-order valence-corrected chi connectivity index (χ4v) is 1.38. The number of aromatic nitrogens is 2. The van der Waals surface area contributed by atoms with Crippen LogP contribution in [-0.4, -0.2) is 9.97 Å². The number of anilines is 2. The number of rotatable bonds is 4. The minimum absolute atomic E-state index is 0.0406. The van der Waals surface area contributed by atoms with E-state index in [4.69, 9.17) is 5.84 Å². The fraction of sp³-hybridized carbons (Fsp3) is 0.0909. The number of nitrogens with zero attached hydrogens (tertiary/aromatic N) is 2. The average Bonchev–Trinajstić information content (AvgIpc) is 2.39. The first-order valence-corrected chi connectivity index (χ1v) is 5.17. The van der Waals surface area contributed by atoms with E-state index in [9.17, 15) is 8.78 Å².